The van der Waals surface area contributed by atoms with E-state index in [1.165, 1.54) is 0 Å². The Labute approximate surface area is 179 Å². The molecular weight excluding hydrogens is 436 g/mol. The second-order valence-electron chi connectivity index (χ2n) is 7.95. The number of ether oxygens (including phenoxy) is 2. The van der Waals surface area contributed by atoms with Gasteiger partial charge in [0.25, 0.3) is 0 Å². The fourth-order valence-electron chi connectivity index (χ4n) is 4.26. The third kappa shape index (κ3) is 5.99. The molecule has 9 atom stereocenters. The minimum absolute atomic E-state index is 0.0337. The van der Waals surface area contributed by atoms with Crippen LogP contribution in [0.3, 0.4) is 0 Å². The van der Waals surface area contributed by atoms with E-state index in [-0.39, 0.29) is 19.4 Å². The highest BCUT2D eigenvalue weighted by molar-refractivity contribution is 7.80. The predicted molar refractivity (Wildman–Crippen MR) is 104 cm³/mol. The molecule has 11 nitrogen and oxygen atoms in total. The molecule has 1 heterocycles. The van der Waals surface area contributed by atoms with Gasteiger partial charge in [0.05, 0.1) is 24.9 Å². The number of benzene rings is 1. The number of aliphatic hydroxyl groups excluding tert-OH is 5. The summed E-state index contributed by atoms with van der Waals surface area (Å²) in [7, 11) is -5.00. The molecule has 1 aromatic carbocycles. The fraction of sp³-hybridized carbons (Fsp3) is 0.684. The Kier molecular flexibility index (Phi) is 8.02. The van der Waals surface area contributed by atoms with Crippen molar-refractivity contribution in [1.29, 1.82) is 0 Å². The van der Waals surface area contributed by atoms with E-state index < -0.39 is 71.8 Å². The Hall–Kier alpha value is -1.19. The third-order valence-electron chi connectivity index (χ3n) is 5.86. The Balaban J connectivity index is 1.77. The van der Waals surface area contributed by atoms with Crippen LogP contribution in [0.1, 0.15) is 18.4 Å². The van der Waals surface area contributed by atoms with Gasteiger partial charge in [-0.1, -0.05) is 30.3 Å². The molecule has 6 N–H and O–H groups in total. The molecule has 0 unspecified atom stereocenters. The number of hydrogen-bond donors (Lipinski definition) is 6. The molecular formula is C19H28O11S. The lowest BCUT2D eigenvalue weighted by Gasteiger charge is -2.42. The SMILES string of the molecule is O=S(=O)(O)O[C@H]1[C@H](O)[C@@H](O)[C@H](OCc2ccccc2)O[C@@H]1C[C@@H]1C[C@@H](O)[C@H](O)[C@H]1CO. The van der Waals surface area contributed by atoms with Crippen LogP contribution in [0.25, 0.3) is 0 Å². The molecule has 176 valence electrons. The molecule has 1 saturated heterocycles. The molecule has 12 heteroatoms. The molecule has 2 fully saturated rings. The Morgan fingerprint density at radius 1 is 1.03 bits per heavy atom. The molecule has 31 heavy (non-hydrogen) atoms. The summed E-state index contributed by atoms with van der Waals surface area (Å²) >= 11 is 0. The summed E-state index contributed by atoms with van der Waals surface area (Å²) in [6.45, 7) is -0.398. The zero-order chi connectivity index (χ0) is 22.8. The van der Waals surface area contributed by atoms with Crippen molar-refractivity contribution in [3.63, 3.8) is 0 Å². The van der Waals surface area contributed by atoms with E-state index in [4.69, 9.17) is 14.0 Å². The van der Waals surface area contributed by atoms with Gasteiger partial charge in [-0.15, -0.1) is 0 Å². The summed E-state index contributed by atoms with van der Waals surface area (Å²) in [5.74, 6) is -1.22. The minimum Gasteiger partial charge on any atom is -0.396 e. The quantitative estimate of drug-likeness (QED) is 0.248. The maximum atomic E-state index is 11.3. The van der Waals surface area contributed by atoms with E-state index in [0.29, 0.717) is 0 Å². The second-order valence-corrected chi connectivity index (χ2v) is 8.99. The van der Waals surface area contributed by atoms with Crippen molar-refractivity contribution in [1.82, 2.24) is 0 Å². The van der Waals surface area contributed by atoms with Crippen LogP contribution < -0.4 is 0 Å². The molecule has 1 aliphatic carbocycles. The molecule has 0 radical (unpaired) electrons. The summed E-state index contributed by atoms with van der Waals surface area (Å²) in [4.78, 5) is 0. The van der Waals surface area contributed by atoms with Crippen LogP contribution in [-0.2, 0) is 30.7 Å². The minimum atomic E-state index is -5.00. The van der Waals surface area contributed by atoms with Gasteiger partial charge in [-0.05, 0) is 24.3 Å². The zero-order valence-electron chi connectivity index (χ0n) is 16.5. The highest BCUT2D eigenvalue weighted by atomic mass is 32.3. The molecule has 1 saturated carbocycles. The lowest BCUT2D eigenvalue weighted by atomic mass is 9.86. The van der Waals surface area contributed by atoms with Gasteiger partial charge in [-0.2, -0.15) is 8.42 Å². The molecule has 0 aromatic heterocycles. The smallest absolute Gasteiger partial charge is 0.396 e. The summed E-state index contributed by atoms with van der Waals surface area (Å²) in [6.07, 6.45) is -9.90. The van der Waals surface area contributed by atoms with Gasteiger partial charge in [0.1, 0.15) is 18.3 Å². The number of hydrogen-bond acceptors (Lipinski definition) is 10. The van der Waals surface area contributed by atoms with Crippen LogP contribution in [0.15, 0.2) is 30.3 Å². The van der Waals surface area contributed by atoms with Crippen molar-refractivity contribution >= 4 is 10.4 Å². The first kappa shape index (κ1) is 24.5. The molecule has 0 bridgehead atoms. The molecule has 0 spiro atoms. The largest absolute Gasteiger partial charge is 0.397 e. The van der Waals surface area contributed by atoms with E-state index in [2.05, 4.69) is 4.18 Å². The van der Waals surface area contributed by atoms with Crippen LogP contribution in [0, 0.1) is 11.8 Å². The first-order valence-electron chi connectivity index (χ1n) is 9.90. The van der Waals surface area contributed by atoms with Gasteiger partial charge in [-0.25, -0.2) is 4.18 Å². The van der Waals surface area contributed by atoms with Crippen LogP contribution in [0.4, 0.5) is 0 Å². The van der Waals surface area contributed by atoms with Crippen LogP contribution in [0.5, 0.6) is 0 Å². The van der Waals surface area contributed by atoms with Gasteiger partial charge in [0, 0.05) is 12.5 Å². The highest BCUT2D eigenvalue weighted by Gasteiger charge is 2.50. The number of aliphatic hydroxyl groups is 5. The van der Waals surface area contributed by atoms with E-state index in [1.54, 1.807) is 24.3 Å². The average molecular weight is 464 g/mol. The maximum Gasteiger partial charge on any atom is 0.397 e. The van der Waals surface area contributed by atoms with Crippen molar-refractivity contribution in [3.05, 3.63) is 35.9 Å². The predicted octanol–water partition coefficient (Wildman–Crippen LogP) is -1.42. The summed E-state index contributed by atoms with van der Waals surface area (Å²) < 4.78 is 47.5. The molecule has 1 aliphatic heterocycles. The normalized spacial score (nSPS) is 39.0. The van der Waals surface area contributed by atoms with Crippen molar-refractivity contribution < 1.29 is 52.2 Å². The molecule has 0 amide bonds. The topological polar surface area (TPSA) is 183 Å². The van der Waals surface area contributed by atoms with Crippen molar-refractivity contribution in [2.75, 3.05) is 6.61 Å². The summed E-state index contributed by atoms with van der Waals surface area (Å²) in [5, 5.41) is 50.4. The first-order chi connectivity index (χ1) is 14.6. The molecule has 2 aliphatic rings. The Morgan fingerprint density at radius 3 is 2.32 bits per heavy atom. The third-order valence-corrected chi connectivity index (χ3v) is 6.32. The average Bonchev–Trinajstić information content (AvgIpc) is 2.99. The van der Waals surface area contributed by atoms with Gasteiger partial charge in [0.15, 0.2) is 6.29 Å². The zero-order valence-corrected chi connectivity index (χ0v) is 17.4. The van der Waals surface area contributed by atoms with E-state index in [1.807, 2.05) is 6.07 Å². The van der Waals surface area contributed by atoms with Crippen molar-refractivity contribution in [3.8, 4) is 0 Å². The van der Waals surface area contributed by atoms with Crippen molar-refractivity contribution in [2.45, 2.75) is 62.4 Å². The summed E-state index contributed by atoms with van der Waals surface area (Å²) in [5.41, 5.74) is 0.767. The first-order valence-corrected chi connectivity index (χ1v) is 11.3. The molecule has 1 aromatic rings. The van der Waals surface area contributed by atoms with Gasteiger partial charge >= 0.3 is 10.4 Å². The second kappa shape index (κ2) is 10.2. The number of rotatable bonds is 8. The maximum absolute atomic E-state index is 11.3. The van der Waals surface area contributed by atoms with E-state index in [0.717, 1.165) is 5.56 Å². The van der Waals surface area contributed by atoms with Gasteiger partial charge < -0.3 is 35.0 Å². The summed E-state index contributed by atoms with van der Waals surface area (Å²) in [6, 6.07) is 8.95. The highest BCUT2D eigenvalue weighted by Crippen LogP contribution is 2.39. The Bertz CT molecular complexity index is 804. The molecule has 3 rings (SSSR count). The standard InChI is InChI=1S/C19H28O11S/c20-8-12-11(6-13(21)15(12)22)7-14-18(30-31(25,26)27)16(23)17(24)19(29-14)28-9-10-4-2-1-3-5-10/h1-5,11-24H,6-9H2,(H,25,26,27)/t11-,12-,13+,14+,15+,16+,17+,18+,19+/m0/s1. The van der Waals surface area contributed by atoms with E-state index in [9.17, 15) is 34.0 Å². The van der Waals surface area contributed by atoms with Gasteiger partial charge in [0.2, 0.25) is 0 Å². The van der Waals surface area contributed by atoms with Crippen LogP contribution >= 0.6 is 0 Å². The lowest BCUT2D eigenvalue weighted by molar-refractivity contribution is -0.298. The monoisotopic (exact) mass is 464 g/mol. The van der Waals surface area contributed by atoms with Crippen LogP contribution in [0.2, 0.25) is 0 Å². The fourth-order valence-corrected chi connectivity index (χ4v) is 4.78. The lowest BCUT2D eigenvalue weighted by Crippen LogP contribution is -2.59. The van der Waals surface area contributed by atoms with Crippen molar-refractivity contribution in [2.24, 2.45) is 11.8 Å². The van der Waals surface area contributed by atoms with E-state index >= 15 is 0 Å². The Morgan fingerprint density at radius 2 is 1.71 bits per heavy atom. The van der Waals surface area contributed by atoms with Crippen LogP contribution in [-0.4, -0.2) is 88.0 Å². The van der Waals surface area contributed by atoms with Gasteiger partial charge in [-0.3, -0.25) is 4.55 Å².